The lowest BCUT2D eigenvalue weighted by Gasteiger charge is -2.41. The normalized spacial score (nSPS) is 40.6. The first-order valence-electron chi connectivity index (χ1n) is 6.18. The van der Waals surface area contributed by atoms with Gasteiger partial charge in [-0.15, -0.1) is 0 Å². The van der Waals surface area contributed by atoms with Gasteiger partial charge in [0, 0.05) is 5.41 Å². The molecule has 0 bridgehead atoms. The summed E-state index contributed by atoms with van der Waals surface area (Å²) in [7, 11) is 0. The monoisotopic (exact) mass is 206 g/mol. The second-order valence-electron chi connectivity index (χ2n) is 6.00. The van der Waals surface area contributed by atoms with Crippen molar-refractivity contribution in [3.63, 3.8) is 0 Å². The molecule has 0 spiro atoms. The number of ketones is 1. The summed E-state index contributed by atoms with van der Waals surface area (Å²) in [4.78, 5) is 11.9. The van der Waals surface area contributed by atoms with Crippen LogP contribution in [0.25, 0.3) is 0 Å². The fourth-order valence-corrected chi connectivity index (χ4v) is 3.40. The van der Waals surface area contributed by atoms with Crippen LogP contribution in [-0.4, -0.2) is 5.78 Å². The van der Waals surface area contributed by atoms with Crippen LogP contribution in [0, 0.1) is 23.2 Å². The summed E-state index contributed by atoms with van der Waals surface area (Å²) < 4.78 is 0. The largest absolute Gasteiger partial charge is 0.294 e. The van der Waals surface area contributed by atoms with Gasteiger partial charge in [0.15, 0.2) is 5.78 Å². The SMILES string of the molecule is CC1=CC(=O)[C@@]2(C)CC[C@@H](C(C)C)C[C@@H]12. The Hall–Kier alpha value is -0.590. The lowest BCUT2D eigenvalue weighted by Crippen LogP contribution is -2.37. The van der Waals surface area contributed by atoms with Crippen molar-refractivity contribution in [2.75, 3.05) is 0 Å². The van der Waals surface area contributed by atoms with Gasteiger partial charge < -0.3 is 0 Å². The number of hydrogen-bond acceptors (Lipinski definition) is 1. The Morgan fingerprint density at radius 2 is 2.13 bits per heavy atom. The molecule has 84 valence electrons. The molecule has 0 saturated heterocycles. The molecule has 0 aromatic heterocycles. The van der Waals surface area contributed by atoms with E-state index in [2.05, 4.69) is 27.7 Å². The van der Waals surface area contributed by atoms with Gasteiger partial charge in [-0.25, -0.2) is 0 Å². The zero-order valence-electron chi connectivity index (χ0n) is 10.3. The van der Waals surface area contributed by atoms with Crippen molar-refractivity contribution in [1.82, 2.24) is 0 Å². The van der Waals surface area contributed by atoms with E-state index in [1.165, 1.54) is 18.4 Å². The molecule has 1 nitrogen and oxygen atoms in total. The summed E-state index contributed by atoms with van der Waals surface area (Å²) in [5.41, 5.74) is 1.28. The molecular formula is C14H22O. The fourth-order valence-electron chi connectivity index (χ4n) is 3.40. The molecule has 0 aromatic rings. The summed E-state index contributed by atoms with van der Waals surface area (Å²) >= 11 is 0. The van der Waals surface area contributed by atoms with Crippen LogP contribution in [0.15, 0.2) is 11.6 Å². The molecule has 0 N–H and O–H groups in total. The summed E-state index contributed by atoms with van der Waals surface area (Å²) in [6.07, 6.45) is 5.44. The van der Waals surface area contributed by atoms with Gasteiger partial charge in [-0.05, 0) is 50.0 Å². The number of carbonyl (C=O) groups excluding carboxylic acids is 1. The average Bonchev–Trinajstić information content (AvgIpc) is 2.38. The van der Waals surface area contributed by atoms with Crippen LogP contribution in [0.1, 0.15) is 47.0 Å². The topological polar surface area (TPSA) is 17.1 Å². The molecule has 0 aliphatic heterocycles. The predicted molar refractivity (Wildman–Crippen MR) is 62.5 cm³/mol. The molecule has 15 heavy (non-hydrogen) atoms. The lowest BCUT2D eigenvalue weighted by atomic mass is 9.62. The minimum Gasteiger partial charge on any atom is -0.294 e. The second kappa shape index (κ2) is 3.47. The van der Waals surface area contributed by atoms with Crippen molar-refractivity contribution in [2.45, 2.75) is 47.0 Å². The molecular weight excluding hydrogens is 184 g/mol. The van der Waals surface area contributed by atoms with Gasteiger partial charge in [0.2, 0.25) is 0 Å². The first-order valence-corrected chi connectivity index (χ1v) is 6.18. The van der Waals surface area contributed by atoms with Crippen LogP contribution in [0.3, 0.4) is 0 Å². The smallest absolute Gasteiger partial charge is 0.162 e. The Morgan fingerprint density at radius 1 is 1.47 bits per heavy atom. The van der Waals surface area contributed by atoms with Crippen LogP contribution in [0.4, 0.5) is 0 Å². The van der Waals surface area contributed by atoms with Crippen LogP contribution < -0.4 is 0 Å². The molecule has 0 unspecified atom stereocenters. The zero-order chi connectivity index (χ0) is 11.2. The molecule has 3 atom stereocenters. The van der Waals surface area contributed by atoms with Crippen LogP contribution in [-0.2, 0) is 4.79 Å². The van der Waals surface area contributed by atoms with Gasteiger partial charge in [-0.1, -0.05) is 26.3 Å². The van der Waals surface area contributed by atoms with Crippen molar-refractivity contribution >= 4 is 5.78 Å². The minimum absolute atomic E-state index is 0.0462. The third kappa shape index (κ3) is 1.56. The highest BCUT2D eigenvalue weighted by Crippen LogP contribution is 2.52. The van der Waals surface area contributed by atoms with Crippen molar-refractivity contribution in [3.8, 4) is 0 Å². The van der Waals surface area contributed by atoms with Gasteiger partial charge in [0.1, 0.15) is 0 Å². The highest BCUT2D eigenvalue weighted by Gasteiger charge is 2.48. The van der Waals surface area contributed by atoms with Crippen LogP contribution in [0.2, 0.25) is 0 Å². The summed E-state index contributed by atoms with van der Waals surface area (Å²) in [6, 6.07) is 0. The molecule has 2 aliphatic carbocycles. The first-order chi connectivity index (χ1) is 6.95. The molecule has 0 amide bonds. The van der Waals surface area contributed by atoms with Gasteiger partial charge >= 0.3 is 0 Å². The van der Waals surface area contributed by atoms with Crippen molar-refractivity contribution < 1.29 is 4.79 Å². The van der Waals surface area contributed by atoms with Crippen molar-refractivity contribution in [2.24, 2.45) is 23.2 Å². The summed E-state index contributed by atoms with van der Waals surface area (Å²) in [6.45, 7) is 8.92. The first kappa shape index (κ1) is 10.9. The lowest BCUT2D eigenvalue weighted by molar-refractivity contribution is -0.126. The second-order valence-corrected chi connectivity index (χ2v) is 6.00. The van der Waals surface area contributed by atoms with E-state index < -0.39 is 0 Å². The van der Waals surface area contributed by atoms with Crippen molar-refractivity contribution in [3.05, 3.63) is 11.6 Å². The molecule has 1 heteroatoms. The number of hydrogen-bond donors (Lipinski definition) is 0. The zero-order valence-corrected chi connectivity index (χ0v) is 10.3. The Morgan fingerprint density at radius 3 is 2.73 bits per heavy atom. The van der Waals surface area contributed by atoms with E-state index >= 15 is 0 Å². The van der Waals surface area contributed by atoms with E-state index in [0.717, 1.165) is 18.3 Å². The molecule has 0 radical (unpaired) electrons. The van der Waals surface area contributed by atoms with E-state index in [1.807, 2.05) is 6.08 Å². The van der Waals surface area contributed by atoms with Gasteiger partial charge in [0.25, 0.3) is 0 Å². The average molecular weight is 206 g/mol. The van der Waals surface area contributed by atoms with Gasteiger partial charge in [-0.3, -0.25) is 4.79 Å². The molecule has 1 saturated carbocycles. The highest BCUT2D eigenvalue weighted by molar-refractivity contribution is 5.98. The van der Waals surface area contributed by atoms with E-state index in [4.69, 9.17) is 0 Å². The fraction of sp³-hybridized carbons (Fsp3) is 0.786. The third-order valence-electron chi connectivity index (χ3n) is 4.76. The van der Waals surface area contributed by atoms with Gasteiger partial charge in [-0.2, -0.15) is 0 Å². The Bertz CT molecular complexity index is 313. The third-order valence-corrected chi connectivity index (χ3v) is 4.76. The summed E-state index contributed by atoms with van der Waals surface area (Å²) in [5.74, 6) is 2.49. The molecule has 0 aromatic carbocycles. The molecule has 1 fully saturated rings. The number of fused-ring (bicyclic) bond motifs is 1. The van der Waals surface area contributed by atoms with Crippen LogP contribution >= 0.6 is 0 Å². The standard InChI is InChI=1S/C14H22O/c1-9(2)11-5-6-14(4)12(8-11)10(3)7-13(14)15/h7,9,11-12H,5-6,8H2,1-4H3/t11-,12+,14+/m1/s1. The van der Waals surface area contributed by atoms with E-state index in [0.29, 0.717) is 11.7 Å². The Balaban J connectivity index is 2.21. The number of allylic oxidation sites excluding steroid dienone is 2. The predicted octanol–water partition coefficient (Wildman–Crippen LogP) is 3.59. The summed E-state index contributed by atoms with van der Waals surface area (Å²) in [5, 5.41) is 0. The maximum absolute atomic E-state index is 11.9. The quantitative estimate of drug-likeness (QED) is 0.640. The Labute approximate surface area is 92.9 Å². The maximum Gasteiger partial charge on any atom is 0.162 e. The number of rotatable bonds is 1. The van der Waals surface area contributed by atoms with E-state index in [-0.39, 0.29) is 5.41 Å². The van der Waals surface area contributed by atoms with Gasteiger partial charge in [0.05, 0.1) is 0 Å². The maximum atomic E-state index is 11.9. The Kier molecular flexibility index (Phi) is 2.52. The van der Waals surface area contributed by atoms with Crippen molar-refractivity contribution in [1.29, 1.82) is 0 Å². The molecule has 2 aliphatic rings. The van der Waals surface area contributed by atoms with Crippen LogP contribution in [0.5, 0.6) is 0 Å². The van der Waals surface area contributed by atoms with E-state index in [1.54, 1.807) is 0 Å². The number of carbonyl (C=O) groups is 1. The molecule has 0 heterocycles. The molecule has 2 rings (SSSR count). The highest BCUT2D eigenvalue weighted by atomic mass is 16.1. The minimum atomic E-state index is -0.0462. The van der Waals surface area contributed by atoms with E-state index in [9.17, 15) is 4.79 Å².